The lowest BCUT2D eigenvalue weighted by molar-refractivity contribution is 0.0752. The summed E-state index contributed by atoms with van der Waals surface area (Å²) in [6.45, 7) is 3.16. The van der Waals surface area contributed by atoms with Gasteiger partial charge in [-0.2, -0.15) is 0 Å². The number of carbonyl (C=O) groups is 1. The van der Waals surface area contributed by atoms with Crippen LogP contribution in [0.5, 0.6) is 0 Å². The summed E-state index contributed by atoms with van der Waals surface area (Å²) < 4.78 is 0. The van der Waals surface area contributed by atoms with Gasteiger partial charge >= 0.3 is 0 Å². The van der Waals surface area contributed by atoms with Gasteiger partial charge in [0.05, 0.1) is 28.2 Å². The highest BCUT2D eigenvalue weighted by molar-refractivity contribution is 6.33. The molecule has 3 rings (SSSR count). The number of carbonyl (C=O) groups excluding carboxylic acids is 1. The zero-order valence-electron chi connectivity index (χ0n) is 14.5. The molecule has 0 saturated heterocycles. The van der Waals surface area contributed by atoms with Crippen LogP contribution in [0.25, 0.3) is 0 Å². The Labute approximate surface area is 158 Å². The lowest BCUT2D eigenvalue weighted by atomic mass is 10.2. The average Bonchev–Trinajstić information content (AvgIpc) is 2.68. The summed E-state index contributed by atoms with van der Waals surface area (Å²) in [5.74, 6) is -0.0494. The molecular weight excluding hydrogens is 346 g/mol. The van der Waals surface area contributed by atoms with Crippen molar-refractivity contribution in [1.82, 2.24) is 9.88 Å². The highest BCUT2D eigenvalue weighted by atomic mass is 35.5. The Morgan fingerprint density at radius 2 is 1.81 bits per heavy atom. The van der Waals surface area contributed by atoms with Gasteiger partial charge in [0.25, 0.3) is 5.91 Å². The van der Waals surface area contributed by atoms with Crippen LogP contribution in [0.2, 0.25) is 5.02 Å². The number of rotatable bonds is 6. The summed E-state index contributed by atoms with van der Waals surface area (Å²) in [6, 6.07) is 19.2. The highest BCUT2D eigenvalue weighted by Gasteiger charge is 2.15. The molecule has 1 heterocycles. The van der Waals surface area contributed by atoms with Crippen molar-refractivity contribution in [3.05, 3.63) is 89.2 Å². The van der Waals surface area contributed by atoms with Crippen LogP contribution >= 0.6 is 11.6 Å². The van der Waals surface area contributed by atoms with Gasteiger partial charge in [0.2, 0.25) is 0 Å². The minimum atomic E-state index is -0.0494. The van der Waals surface area contributed by atoms with Crippen LogP contribution in [0.1, 0.15) is 22.8 Å². The first-order valence-electron chi connectivity index (χ1n) is 8.47. The van der Waals surface area contributed by atoms with Crippen molar-refractivity contribution in [3.8, 4) is 0 Å². The van der Waals surface area contributed by atoms with E-state index in [1.54, 1.807) is 23.4 Å². The fraction of sp³-hybridized carbons (Fsp3) is 0.143. The van der Waals surface area contributed by atoms with Gasteiger partial charge in [0, 0.05) is 19.3 Å². The smallest absolute Gasteiger partial charge is 0.255 e. The number of hydrogen-bond donors (Lipinski definition) is 1. The minimum absolute atomic E-state index is 0.0494. The van der Waals surface area contributed by atoms with Crippen LogP contribution in [-0.4, -0.2) is 22.3 Å². The van der Waals surface area contributed by atoms with Crippen LogP contribution in [0.3, 0.4) is 0 Å². The van der Waals surface area contributed by atoms with Gasteiger partial charge in [-0.25, -0.2) is 0 Å². The average molecular weight is 366 g/mol. The van der Waals surface area contributed by atoms with Crippen LogP contribution < -0.4 is 5.32 Å². The highest BCUT2D eigenvalue weighted by Crippen LogP contribution is 2.25. The van der Waals surface area contributed by atoms with Crippen molar-refractivity contribution in [2.75, 3.05) is 11.9 Å². The number of nitrogens with one attached hydrogen (secondary N) is 1. The third-order valence-electron chi connectivity index (χ3n) is 4.02. The molecule has 0 radical (unpaired) electrons. The van der Waals surface area contributed by atoms with Crippen LogP contribution in [0.15, 0.2) is 73.1 Å². The van der Waals surface area contributed by atoms with E-state index in [9.17, 15) is 4.79 Å². The molecule has 0 aliphatic carbocycles. The Kier molecular flexibility index (Phi) is 5.87. The van der Waals surface area contributed by atoms with E-state index in [2.05, 4.69) is 10.3 Å². The van der Waals surface area contributed by atoms with Gasteiger partial charge < -0.3 is 10.2 Å². The fourth-order valence-electron chi connectivity index (χ4n) is 2.66. The molecule has 132 valence electrons. The van der Waals surface area contributed by atoms with E-state index in [-0.39, 0.29) is 5.91 Å². The second kappa shape index (κ2) is 8.50. The predicted molar refractivity (Wildman–Crippen MR) is 106 cm³/mol. The molecule has 0 spiro atoms. The molecule has 0 aliphatic rings. The molecule has 0 atom stereocenters. The largest absolute Gasteiger partial charge is 0.353 e. The van der Waals surface area contributed by atoms with E-state index in [1.165, 1.54) is 0 Å². The molecule has 3 aromatic rings. The predicted octanol–water partition coefficient (Wildman–Crippen LogP) is 5.14. The maximum atomic E-state index is 12.9. The summed E-state index contributed by atoms with van der Waals surface area (Å²) in [5.41, 5.74) is 3.14. The molecule has 0 unspecified atom stereocenters. The Morgan fingerprint density at radius 1 is 1.08 bits per heavy atom. The first-order chi connectivity index (χ1) is 12.7. The van der Waals surface area contributed by atoms with Gasteiger partial charge in [0.15, 0.2) is 0 Å². The first kappa shape index (κ1) is 18.0. The molecule has 0 bridgehead atoms. The van der Waals surface area contributed by atoms with Gasteiger partial charge in [0.1, 0.15) is 0 Å². The standard InChI is InChI=1S/C21H20ClN3O/c1-2-25(15-16-8-4-3-5-9-16)21(26)17-12-18(14-23-13-17)24-20-11-7-6-10-19(20)22/h3-14,24H,2,15H2,1H3. The number of hydrogen-bond acceptors (Lipinski definition) is 3. The molecule has 2 aromatic carbocycles. The van der Waals surface area contributed by atoms with Crippen molar-refractivity contribution in [1.29, 1.82) is 0 Å². The topological polar surface area (TPSA) is 45.2 Å². The summed E-state index contributed by atoms with van der Waals surface area (Å²) in [6.07, 6.45) is 3.27. The van der Waals surface area contributed by atoms with Crippen LogP contribution in [0.4, 0.5) is 11.4 Å². The summed E-state index contributed by atoms with van der Waals surface area (Å²) >= 11 is 6.18. The first-order valence-corrected chi connectivity index (χ1v) is 8.85. The summed E-state index contributed by atoms with van der Waals surface area (Å²) in [5, 5.41) is 3.82. The lowest BCUT2D eigenvalue weighted by Gasteiger charge is -2.21. The Hall–Kier alpha value is -2.85. The van der Waals surface area contributed by atoms with Crippen molar-refractivity contribution in [3.63, 3.8) is 0 Å². The molecule has 1 amide bonds. The van der Waals surface area contributed by atoms with Crippen molar-refractivity contribution >= 4 is 28.9 Å². The quantitative estimate of drug-likeness (QED) is 0.657. The SMILES string of the molecule is CCN(Cc1ccccc1)C(=O)c1cncc(Nc2ccccc2Cl)c1. The fourth-order valence-corrected chi connectivity index (χ4v) is 2.84. The van der Waals surface area contributed by atoms with Crippen molar-refractivity contribution in [2.45, 2.75) is 13.5 Å². The maximum absolute atomic E-state index is 12.9. The van der Waals surface area contributed by atoms with E-state index in [4.69, 9.17) is 11.6 Å². The molecule has 0 fully saturated rings. The summed E-state index contributed by atoms with van der Waals surface area (Å²) in [4.78, 5) is 18.9. The van der Waals surface area contributed by atoms with Crippen molar-refractivity contribution < 1.29 is 4.79 Å². The number of amides is 1. The number of anilines is 2. The third kappa shape index (κ3) is 4.41. The number of nitrogens with zero attached hydrogens (tertiary/aromatic N) is 2. The maximum Gasteiger partial charge on any atom is 0.255 e. The molecular formula is C21H20ClN3O. The zero-order chi connectivity index (χ0) is 18.4. The Bertz CT molecular complexity index is 883. The number of halogens is 1. The second-order valence-corrected chi connectivity index (χ2v) is 6.28. The molecule has 1 N–H and O–H groups in total. The Morgan fingerprint density at radius 3 is 2.54 bits per heavy atom. The van der Waals surface area contributed by atoms with E-state index in [0.717, 1.165) is 16.9 Å². The normalized spacial score (nSPS) is 10.4. The van der Waals surface area contributed by atoms with Gasteiger partial charge in [-0.05, 0) is 30.7 Å². The molecule has 4 nitrogen and oxygen atoms in total. The molecule has 5 heteroatoms. The van der Waals surface area contributed by atoms with Crippen LogP contribution in [-0.2, 0) is 6.54 Å². The van der Waals surface area contributed by atoms with E-state index in [1.807, 2.05) is 61.5 Å². The minimum Gasteiger partial charge on any atom is -0.353 e. The zero-order valence-corrected chi connectivity index (χ0v) is 15.3. The third-order valence-corrected chi connectivity index (χ3v) is 4.35. The van der Waals surface area contributed by atoms with Gasteiger partial charge in [-0.3, -0.25) is 9.78 Å². The lowest BCUT2D eigenvalue weighted by Crippen LogP contribution is -2.30. The molecule has 0 saturated carbocycles. The molecule has 1 aromatic heterocycles. The monoisotopic (exact) mass is 365 g/mol. The van der Waals surface area contributed by atoms with E-state index in [0.29, 0.717) is 23.7 Å². The second-order valence-electron chi connectivity index (χ2n) is 5.87. The van der Waals surface area contributed by atoms with Crippen LogP contribution in [0, 0.1) is 0 Å². The van der Waals surface area contributed by atoms with Crippen molar-refractivity contribution in [2.24, 2.45) is 0 Å². The molecule has 26 heavy (non-hydrogen) atoms. The number of para-hydroxylation sites is 1. The van der Waals surface area contributed by atoms with E-state index < -0.39 is 0 Å². The number of aromatic nitrogens is 1. The van der Waals surface area contributed by atoms with Gasteiger partial charge in [-0.1, -0.05) is 54.1 Å². The summed E-state index contributed by atoms with van der Waals surface area (Å²) in [7, 11) is 0. The molecule has 0 aliphatic heterocycles. The number of pyridine rings is 1. The van der Waals surface area contributed by atoms with Gasteiger partial charge in [-0.15, -0.1) is 0 Å². The Balaban J connectivity index is 1.77. The number of benzene rings is 2. The van der Waals surface area contributed by atoms with E-state index >= 15 is 0 Å².